The van der Waals surface area contributed by atoms with Gasteiger partial charge in [-0.25, -0.2) is 0 Å². The fourth-order valence-electron chi connectivity index (χ4n) is 9.48. The number of unbranched alkanes of at least 4 members (excludes halogenated alkanes) is 33. The fraction of sp³-hybridized carbons (Fsp3) is 0.764. The molecule has 0 aromatic heterocycles. The zero-order valence-corrected chi connectivity index (χ0v) is 53.4. The Labute approximate surface area is 500 Å². The van der Waals surface area contributed by atoms with Crippen LogP contribution in [0.4, 0.5) is 0 Å². The summed E-state index contributed by atoms with van der Waals surface area (Å²) in [5.74, 6) is -2.28. The maximum atomic E-state index is 12.9. The monoisotopic (exact) mass is 1130 g/mol. The van der Waals surface area contributed by atoms with Gasteiger partial charge in [-0.1, -0.05) is 279 Å². The van der Waals surface area contributed by atoms with E-state index in [1.165, 1.54) is 180 Å². The molecule has 0 N–H and O–H groups in total. The molecule has 9 nitrogen and oxygen atoms in total. The minimum Gasteiger partial charge on any atom is -0.545 e. The molecule has 0 aromatic rings. The van der Waals surface area contributed by atoms with E-state index in [2.05, 4.69) is 98.9 Å². The average molecular weight is 1130 g/mol. The lowest BCUT2D eigenvalue weighted by Crippen LogP contribution is -2.44. The molecule has 2 atom stereocenters. The van der Waals surface area contributed by atoms with Crippen LogP contribution in [0.3, 0.4) is 0 Å². The zero-order chi connectivity index (χ0) is 59.1. The molecule has 81 heavy (non-hydrogen) atoms. The highest BCUT2D eigenvalue weighted by molar-refractivity contribution is 5.70. The van der Waals surface area contributed by atoms with Crippen molar-refractivity contribution in [1.29, 1.82) is 0 Å². The van der Waals surface area contributed by atoms with Gasteiger partial charge in [-0.2, -0.15) is 0 Å². The van der Waals surface area contributed by atoms with Gasteiger partial charge in [0.1, 0.15) is 13.2 Å². The normalized spacial score (nSPS) is 13.2. The van der Waals surface area contributed by atoms with Gasteiger partial charge >= 0.3 is 11.9 Å². The minimum absolute atomic E-state index is 0.146. The van der Waals surface area contributed by atoms with Crippen molar-refractivity contribution in [3.05, 3.63) is 85.1 Å². The van der Waals surface area contributed by atoms with Gasteiger partial charge in [-0.15, -0.1) is 0 Å². The summed E-state index contributed by atoms with van der Waals surface area (Å²) in [5.41, 5.74) is 0. The molecule has 0 heterocycles. The van der Waals surface area contributed by atoms with Crippen molar-refractivity contribution in [3.63, 3.8) is 0 Å². The second kappa shape index (κ2) is 62.5. The molecule has 0 radical (unpaired) electrons. The first-order valence-corrected chi connectivity index (χ1v) is 33.7. The van der Waals surface area contributed by atoms with Crippen LogP contribution >= 0.6 is 0 Å². The Hall–Kier alpha value is -3.53. The number of quaternary nitrogens is 1. The lowest BCUT2D eigenvalue weighted by molar-refractivity contribution is -0.870. The first-order chi connectivity index (χ1) is 39.6. The van der Waals surface area contributed by atoms with Gasteiger partial charge in [0.25, 0.3) is 0 Å². The smallest absolute Gasteiger partial charge is 0.306 e. The third-order valence-electron chi connectivity index (χ3n) is 14.6. The first-order valence-electron chi connectivity index (χ1n) is 33.7. The molecule has 0 saturated heterocycles. The lowest BCUT2D eigenvalue weighted by atomic mass is 10.0. The number of hydrogen-bond acceptors (Lipinski definition) is 8. The van der Waals surface area contributed by atoms with Crippen LogP contribution in [0.25, 0.3) is 0 Å². The van der Waals surface area contributed by atoms with Gasteiger partial charge in [0.15, 0.2) is 12.4 Å². The molecule has 0 saturated carbocycles. The van der Waals surface area contributed by atoms with Crippen LogP contribution in [-0.4, -0.2) is 82.3 Å². The van der Waals surface area contributed by atoms with Crippen molar-refractivity contribution in [2.75, 3.05) is 47.5 Å². The van der Waals surface area contributed by atoms with E-state index in [1.807, 2.05) is 21.1 Å². The highest BCUT2D eigenvalue weighted by Crippen LogP contribution is 2.17. The summed E-state index contributed by atoms with van der Waals surface area (Å²) in [6.45, 7) is 4.62. The quantitative estimate of drug-likeness (QED) is 0.0195. The number of aliphatic carboxylic acids is 1. The number of carboxylic acid groups (broad SMARTS) is 1. The van der Waals surface area contributed by atoms with Crippen LogP contribution in [0, 0.1) is 0 Å². The first kappa shape index (κ1) is 77.5. The summed E-state index contributed by atoms with van der Waals surface area (Å²) in [6, 6.07) is 0. The van der Waals surface area contributed by atoms with E-state index in [0.29, 0.717) is 17.4 Å². The minimum atomic E-state index is -1.62. The molecule has 0 rings (SSSR count). The molecule has 0 fully saturated rings. The largest absolute Gasteiger partial charge is 0.545 e. The zero-order valence-electron chi connectivity index (χ0n) is 53.4. The van der Waals surface area contributed by atoms with Crippen LogP contribution in [-0.2, 0) is 33.3 Å². The van der Waals surface area contributed by atoms with E-state index in [0.717, 1.165) is 83.5 Å². The topological polar surface area (TPSA) is 111 Å². The molecular weight excluding hydrogens is 1010 g/mol. The van der Waals surface area contributed by atoms with Crippen molar-refractivity contribution in [2.24, 2.45) is 0 Å². The van der Waals surface area contributed by atoms with E-state index in [-0.39, 0.29) is 38.6 Å². The summed E-state index contributed by atoms with van der Waals surface area (Å²) >= 11 is 0. The Kier molecular flexibility index (Phi) is 59.8. The molecule has 9 heteroatoms. The number of carboxylic acids is 1. The van der Waals surface area contributed by atoms with E-state index in [1.54, 1.807) is 0 Å². The second-order valence-corrected chi connectivity index (χ2v) is 23.7. The maximum absolute atomic E-state index is 12.9. The molecule has 468 valence electrons. The van der Waals surface area contributed by atoms with E-state index >= 15 is 0 Å². The Balaban J connectivity index is 4.00. The Morgan fingerprint density at radius 2 is 0.704 bits per heavy atom. The number of nitrogens with zero attached hydrogens (tertiary/aromatic N) is 1. The van der Waals surface area contributed by atoms with Gasteiger partial charge in [0.2, 0.25) is 0 Å². The third-order valence-corrected chi connectivity index (χ3v) is 14.6. The summed E-state index contributed by atoms with van der Waals surface area (Å²) in [4.78, 5) is 37.4. The number of carbonyl (C=O) groups excluding carboxylic acids is 3. The highest BCUT2D eigenvalue weighted by atomic mass is 16.7. The molecule has 0 spiro atoms. The predicted octanol–water partition coefficient (Wildman–Crippen LogP) is 19.4. The van der Waals surface area contributed by atoms with Gasteiger partial charge in [-0.3, -0.25) is 9.59 Å². The van der Waals surface area contributed by atoms with E-state index in [4.69, 9.17) is 18.9 Å². The number of allylic oxidation sites excluding steroid dienone is 14. The predicted molar refractivity (Wildman–Crippen MR) is 343 cm³/mol. The molecule has 0 aliphatic rings. The highest BCUT2D eigenvalue weighted by Gasteiger charge is 2.22. The van der Waals surface area contributed by atoms with Crippen LogP contribution in [0.15, 0.2) is 85.1 Å². The molecular formula is C72H127NO8. The van der Waals surface area contributed by atoms with Crippen LogP contribution in [0.5, 0.6) is 0 Å². The Morgan fingerprint density at radius 3 is 1.05 bits per heavy atom. The van der Waals surface area contributed by atoms with Crippen molar-refractivity contribution in [1.82, 2.24) is 0 Å². The van der Waals surface area contributed by atoms with Crippen LogP contribution in [0.1, 0.15) is 296 Å². The molecule has 0 amide bonds. The average Bonchev–Trinajstić information content (AvgIpc) is 3.44. The Bertz CT molecular complexity index is 1600. The van der Waals surface area contributed by atoms with Gasteiger partial charge in [-0.05, 0) is 89.9 Å². The SMILES string of the molecule is CC/C=C\C/C=C\C/C=C\C/C=C\C/C=C\CCCCCCCCCCCCCCCCCCCCCCCCCC(=O)OC(COC(=O)CCCCCCCCC/C=C\C/C=C\CCCCC)COC(OCC[N+](C)(C)C)C(=O)[O-]. The van der Waals surface area contributed by atoms with Gasteiger partial charge < -0.3 is 33.3 Å². The van der Waals surface area contributed by atoms with E-state index < -0.39 is 24.3 Å². The lowest BCUT2D eigenvalue weighted by Gasteiger charge is -2.26. The van der Waals surface area contributed by atoms with E-state index in [9.17, 15) is 19.5 Å². The number of likely N-dealkylation sites (N-methyl/N-ethyl adjacent to an activating group) is 1. The standard InChI is InChI=1S/C72H127NO8/c1-6-8-10-12-14-16-18-20-22-24-25-26-27-28-29-30-31-32-33-34-35-36-37-38-39-40-41-42-43-44-45-47-49-51-53-55-57-59-61-63-70(75)81-68(67-80-72(71(76)77)78-65-64-73(3,4)5)66-79-69(74)62-60-58-56-54-52-50-48-46-23-21-19-17-15-13-11-9-7-2/h8,10,14-17,20-23,25-26,28-29,68,72H,6-7,9,11-13,18-19,24,27,30-67H2,1-5H3/b10-8-,16-14-,17-15-,22-20-,23-21-,26-25-,29-28-. The summed E-state index contributed by atoms with van der Waals surface area (Å²) in [5, 5.41) is 11.8. The number of ether oxygens (including phenoxy) is 4. The summed E-state index contributed by atoms with van der Waals surface area (Å²) in [6.07, 6.45) is 81.0. The van der Waals surface area contributed by atoms with Gasteiger partial charge in [0.05, 0.1) is 40.3 Å². The molecule has 0 aliphatic heterocycles. The van der Waals surface area contributed by atoms with Crippen molar-refractivity contribution < 1.29 is 42.9 Å². The third kappa shape index (κ3) is 63.9. The summed E-state index contributed by atoms with van der Waals surface area (Å²) < 4.78 is 22.7. The molecule has 0 aliphatic carbocycles. The molecule has 0 bridgehead atoms. The number of rotatable bonds is 62. The number of carbonyl (C=O) groups is 3. The molecule has 0 aromatic carbocycles. The van der Waals surface area contributed by atoms with Gasteiger partial charge in [0, 0.05) is 12.8 Å². The summed E-state index contributed by atoms with van der Waals surface area (Å²) in [7, 11) is 5.93. The maximum Gasteiger partial charge on any atom is 0.306 e. The van der Waals surface area contributed by atoms with Crippen molar-refractivity contribution >= 4 is 17.9 Å². The van der Waals surface area contributed by atoms with Crippen LogP contribution in [0.2, 0.25) is 0 Å². The van der Waals surface area contributed by atoms with Crippen molar-refractivity contribution in [3.8, 4) is 0 Å². The molecule has 2 unspecified atom stereocenters. The number of hydrogen-bond donors (Lipinski definition) is 0. The van der Waals surface area contributed by atoms with Crippen LogP contribution < -0.4 is 5.11 Å². The van der Waals surface area contributed by atoms with Crippen molar-refractivity contribution in [2.45, 2.75) is 309 Å². The second-order valence-electron chi connectivity index (χ2n) is 23.7. The Morgan fingerprint density at radius 1 is 0.383 bits per heavy atom. The number of esters is 2. The fourth-order valence-corrected chi connectivity index (χ4v) is 9.48.